The maximum atomic E-state index is 14.3. The molecule has 1 aromatic heterocycles. The molecular formula is C21H24ClFN4O2. The number of hydrogen-bond acceptors (Lipinski definition) is 5. The lowest BCUT2D eigenvalue weighted by atomic mass is 9.82. The Kier molecular flexibility index (Phi) is 5.31. The molecule has 2 fully saturated rings. The third-order valence-corrected chi connectivity index (χ3v) is 6.64. The Morgan fingerprint density at radius 1 is 1.31 bits per heavy atom. The standard InChI is InChI=1S/C21H24ClFN4O2/c1-13-3-4-17(23)18(19(13)22)20(29)27-8-15-7-26(10-21(15,11-27)12-28)9-16-5-6-24-14(2)25-16/h3-6,15,28H,7-12H2,1-2H3. The monoisotopic (exact) mass is 418 g/mol. The summed E-state index contributed by atoms with van der Waals surface area (Å²) in [5.41, 5.74) is 1.11. The zero-order valence-corrected chi connectivity index (χ0v) is 17.3. The van der Waals surface area contributed by atoms with Crippen molar-refractivity contribution >= 4 is 17.5 Å². The Labute approximate surface area is 174 Å². The van der Waals surface area contributed by atoms with E-state index in [1.807, 2.05) is 13.0 Å². The van der Waals surface area contributed by atoms with Crippen LogP contribution in [0.25, 0.3) is 0 Å². The normalized spacial score (nSPS) is 24.2. The van der Waals surface area contributed by atoms with Crippen LogP contribution in [0.5, 0.6) is 0 Å². The van der Waals surface area contributed by atoms with Crippen LogP contribution in [0.2, 0.25) is 5.02 Å². The van der Waals surface area contributed by atoms with Crippen LogP contribution in [0, 0.1) is 31.0 Å². The molecule has 6 nitrogen and oxygen atoms in total. The predicted octanol–water partition coefficient (Wildman–Crippen LogP) is 2.45. The van der Waals surface area contributed by atoms with Gasteiger partial charge >= 0.3 is 0 Å². The molecule has 3 heterocycles. The molecule has 29 heavy (non-hydrogen) atoms. The molecule has 0 saturated carbocycles. The van der Waals surface area contributed by atoms with Gasteiger partial charge in [0.2, 0.25) is 0 Å². The number of hydrogen-bond donors (Lipinski definition) is 1. The van der Waals surface area contributed by atoms with Crippen molar-refractivity contribution in [2.24, 2.45) is 11.3 Å². The second-order valence-corrected chi connectivity index (χ2v) is 8.60. The first-order valence-electron chi connectivity index (χ1n) is 9.68. The van der Waals surface area contributed by atoms with Crippen LogP contribution in [0.4, 0.5) is 4.39 Å². The van der Waals surface area contributed by atoms with Gasteiger partial charge in [0, 0.05) is 44.3 Å². The maximum Gasteiger partial charge on any atom is 0.258 e. The predicted molar refractivity (Wildman–Crippen MR) is 107 cm³/mol. The molecule has 2 aromatic rings. The van der Waals surface area contributed by atoms with Crippen LogP contribution in [-0.4, -0.2) is 63.6 Å². The van der Waals surface area contributed by atoms with Gasteiger partial charge in [0.1, 0.15) is 11.6 Å². The fourth-order valence-corrected chi connectivity index (χ4v) is 4.86. The number of likely N-dealkylation sites (tertiary alicyclic amines) is 2. The lowest BCUT2D eigenvalue weighted by Crippen LogP contribution is -2.39. The molecule has 8 heteroatoms. The van der Waals surface area contributed by atoms with Crippen molar-refractivity contribution in [1.29, 1.82) is 0 Å². The van der Waals surface area contributed by atoms with E-state index in [-0.39, 0.29) is 23.1 Å². The van der Waals surface area contributed by atoms with Crippen molar-refractivity contribution in [3.8, 4) is 0 Å². The fourth-order valence-electron chi connectivity index (χ4n) is 4.62. The Morgan fingerprint density at radius 2 is 2.10 bits per heavy atom. The highest BCUT2D eigenvalue weighted by Gasteiger charge is 2.53. The molecule has 0 spiro atoms. The summed E-state index contributed by atoms with van der Waals surface area (Å²) in [6.07, 6.45) is 1.75. The maximum absolute atomic E-state index is 14.3. The highest BCUT2D eigenvalue weighted by Crippen LogP contribution is 2.43. The lowest BCUT2D eigenvalue weighted by Gasteiger charge is -2.27. The highest BCUT2D eigenvalue weighted by molar-refractivity contribution is 6.34. The summed E-state index contributed by atoms with van der Waals surface area (Å²) in [4.78, 5) is 25.5. The van der Waals surface area contributed by atoms with Crippen LogP contribution in [0.15, 0.2) is 24.4 Å². The van der Waals surface area contributed by atoms with Crippen LogP contribution >= 0.6 is 11.6 Å². The van der Waals surface area contributed by atoms with E-state index in [0.717, 1.165) is 18.1 Å². The first-order valence-corrected chi connectivity index (χ1v) is 10.1. The SMILES string of the molecule is Cc1nccc(CN2CC3CN(C(=O)c4c(F)ccc(C)c4Cl)CC3(CO)C2)n1. The Balaban J connectivity index is 1.50. The van der Waals surface area contributed by atoms with Crippen molar-refractivity contribution in [2.45, 2.75) is 20.4 Å². The molecule has 1 N–H and O–H groups in total. The molecule has 4 rings (SSSR count). The van der Waals surface area contributed by atoms with E-state index in [1.165, 1.54) is 6.07 Å². The van der Waals surface area contributed by atoms with Gasteiger partial charge in [-0.3, -0.25) is 9.69 Å². The summed E-state index contributed by atoms with van der Waals surface area (Å²) < 4.78 is 14.3. The number of halogens is 2. The molecule has 1 amide bonds. The molecule has 154 valence electrons. The number of aliphatic hydroxyl groups excluding tert-OH is 1. The first kappa shape index (κ1) is 20.2. The average Bonchev–Trinajstić information content (AvgIpc) is 3.19. The molecular weight excluding hydrogens is 395 g/mol. The summed E-state index contributed by atoms with van der Waals surface area (Å²) >= 11 is 6.23. The van der Waals surface area contributed by atoms with Crippen LogP contribution < -0.4 is 0 Å². The van der Waals surface area contributed by atoms with Gasteiger partial charge in [-0.15, -0.1) is 0 Å². The Bertz CT molecular complexity index is 956. The number of carbonyl (C=O) groups is 1. The summed E-state index contributed by atoms with van der Waals surface area (Å²) in [6, 6.07) is 4.73. The third kappa shape index (κ3) is 3.63. The fraction of sp³-hybridized carbons (Fsp3) is 0.476. The molecule has 0 aliphatic carbocycles. The van der Waals surface area contributed by atoms with Gasteiger partial charge < -0.3 is 10.0 Å². The van der Waals surface area contributed by atoms with Crippen molar-refractivity contribution in [1.82, 2.24) is 19.8 Å². The minimum Gasteiger partial charge on any atom is -0.396 e. The Morgan fingerprint density at radius 3 is 2.79 bits per heavy atom. The van der Waals surface area contributed by atoms with E-state index >= 15 is 0 Å². The van der Waals surface area contributed by atoms with Gasteiger partial charge in [-0.05, 0) is 37.5 Å². The van der Waals surface area contributed by atoms with Crippen LogP contribution in [0.1, 0.15) is 27.4 Å². The zero-order chi connectivity index (χ0) is 20.8. The summed E-state index contributed by atoms with van der Waals surface area (Å²) in [5.74, 6) is -0.170. The topological polar surface area (TPSA) is 69.6 Å². The second-order valence-electron chi connectivity index (χ2n) is 8.22. The molecule has 2 unspecified atom stereocenters. The third-order valence-electron chi connectivity index (χ3n) is 6.15. The van der Waals surface area contributed by atoms with Gasteiger partial charge in [0.05, 0.1) is 22.9 Å². The molecule has 1 aromatic carbocycles. The number of aliphatic hydroxyl groups is 1. The molecule has 0 bridgehead atoms. The number of rotatable bonds is 4. The van der Waals surface area contributed by atoms with E-state index in [0.29, 0.717) is 31.7 Å². The molecule has 2 saturated heterocycles. The van der Waals surface area contributed by atoms with Gasteiger partial charge in [-0.25, -0.2) is 14.4 Å². The molecule has 2 aliphatic rings. The number of amides is 1. The van der Waals surface area contributed by atoms with E-state index in [4.69, 9.17) is 11.6 Å². The van der Waals surface area contributed by atoms with Crippen molar-refractivity contribution in [3.05, 3.63) is 57.9 Å². The summed E-state index contributed by atoms with van der Waals surface area (Å²) in [5, 5.41) is 10.3. The van der Waals surface area contributed by atoms with Gasteiger partial charge in [0.25, 0.3) is 5.91 Å². The summed E-state index contributed by atoms with van der Waals surface area (Å²) in [7, 11) is 0. The number of benzene rings is 1. The molecule has 0 radical (unpaired) electrons. The Hall–Kier alpha value is -2.09. The summed E-state index contributed by atoms with van der Waals surface area (Å²) in [6.45, 7) is 6.52. The first-order chi connectivity index (χ1) is 13.8. The van der Waals surface area contributed by atoms with Crippen LogP contribution in [0.3, 0.4) is 0 Å². The van der Waals surface area contributed by atoms with Crippen LogP contribution in [-0.2, 0) is 6.54 Å². The number of aromatic nitrogens is 2. The number of fused-ring (bicyclic) bond motifs is 1. The minimum absolute atomic E-state index is 0.0230. The van der Waals surface area contributed by atoms with Gasteiger partial charge in [-0.1, -0.05) is 17.7 Å². The molecule has 2 atom stereocenters. The number of carbonyl (C=O) groups excluding carboxylic acids is 1. The molecule has 2 aliphatic heterocycles. The number of aryl methyl sites for hydroxylation is 2. The average molecular weight is 419 g/mol. The quantitative estimate of drug-likeness (QED) is 0.826. The minimum atomic E-state index is -0.610. The van der Waals surface area contributed by atoms with E-state index in [9.17, 15) is 14.3 Å². The van der Waals surface area contributed by atoms with Gasteiger partial charge in [0.15, 0.2) is 0 Å². The van der Waals surface area contributed by atoms with Gasteiger partial charge in [-0.2, -0.15) is 0 Å². The zero-order valence-electron chi connectivity index (χ0n) is 16.5. The van der Waals surface area contributed by atoms with Crippen molar-refractivity contribution in [3.63, 3.8) is 0 Å². The smallest absolute Gasteiger partial charge is 0.258 e. The van der Waals surface area contributed by atoms with Crippen molar-refractivity contribution < 1.29 is 14.3 Å². The lowest BCUT2D eigenvalue weighted by molar-refractivity contribution is 0.0714. The second kappa shape index (κ2) is 7.63. The van der Waals surface area contributed by atoms with Crippen molar-refractivity contribution in [2.75, 3.05) is 32.8 Å². The van der Waals surface area contributed by atoms with E-state index in [2.05, 4.69) is 14.9 Å². The van der Waals surface area contributed by atoms with E-state index < -0.39 is 17.1 Å². The number of nitrogens with zero attached hydrogens (tertiary/aromatic N) is 4. The highest BCUT2D eigenvalue weighted by atomic mass is 35.5. The largest absolute Gasteiger partial charge is 0.396 e. The van der Waals surface area contributed by atoms with E-state index in [1.54, 1.807) is 24.1 Å².